The van der Waals surface area contributed by atoms with Gasteiger partial charge in [0.05, 0.1) is 18.8 Å². The third-order valence-electron chi connectivity index (χ3n) is 6.58. The zero-order valence-corrected chi connectivity index (χ0v) is 18.9. The Morgan fingerprint density at radius 3 is 2.69 bits per heavy atom. The molecule has 0 unspecified atom stereocenters. The number of rotatable bonds is 6. The number of para-hydroxylation sites is 1. The lowest BCUT2D eigenvalue weighted by molar-refractivity contribution is 0.241. The Kier molecular flexibility index (Phi) is 6.06. The molecule has 0 aliphatic carbocycles. The summed E-state index contributed by atoms with van der Waals surface area (Å²) >= 11 is 0. The van der Waals surface area contributed by atoms with Crippen LogP contribution in [0.1, 0.15) is 41.5 Å². The molecule has 0 bridgehead atoms. The maximum Gasteiger partial charge on any atom is 0.147 e. The van der Waals surface area contributed by atoms with Crippen molar-refractivity contribution in [1.82, 2.24) is 20.2 Å². The van der Waals surface area contributed by atoms with Crippen LogP contribution in [0.5, 0.6) is 5.75 Å². The lowest BCUT2D eigenvalue weighted by Crippen LogP contribution is -2.32. The van der Waals surface area contributed by atoms with E-state index >= 15 is 0 Å². The van der Waals surface area contributed by atoms with Crippen molar-refractivity contribution in [3.05, 3.63) is 71.2 Å². The number of ether oxygens (including phenoxy) is 1. The molecule has 1 fully saturated rings. The van der Waals surface area contributed by atoms with E-state index in [1.165, 1.54) is 23.1 Å². The highest BCUT2D eigenvalue weighted by atomic mass is 16.5. The van der Waals surface area contributed by atoms with Gasteiger partial charge in [-0.1, -0.05) is 42.5 Å². The summed E-state index contributed by atoms with van der Waals surface area (Å²) in [5.41, 5.74) is 6.10. The molecule has 3 aromatic rings. The van der Waals surface area contributed by atoms with E-state index in [4.69, 9.17) is 14.7 Å². The van der Waals surface area contributed by atoms with Crippen LogP contribution in [0.3, 0.4) is 0 Å². The second-order valence-electron chi connectivity index (χ2n) is 8.57. The van der Waals surface area contributed by atoms with E-state index in [2.05, 4.69) is 51.9 Å². The van der Waals surface area contributed by atoms with E-state index < -0.39 is 0 Å². The Labute approximate surface area is 190 Å². The molecule has 0 spiro atoms. The molecule has 5 rings (SSSR count). The van der Waals surface area contributed by atoms with E-state index in [1.54, 1.807) is 7.11 Å². The minimum absolute atomic E-state index is 0.272. The fourth-order valence-electron chi connectivity index (χ4n) is 4.94. The zero-order chi connectivity index (χ0) is 21.9. The number of anilines is 1. The molecule has 1 atom stereocenters. The Bertz CT molecular complexity index is 1090. The number of hydrogen-bond donors (Lipinski definition) is 2. The second kappa shape index (κ2) is 9.27. The molecule has 2 aliphatic rings. The van der Waals surface area contributed by atoms with Crippen LogP contribution in [-0.2, 0) is 19.5 Å². The van der Waals surface area contributed by atoms with E-state index in [1.807, 2.05) is 19.2 Å². The fourth-order valence-corrected chi connectivity index (χ4v) is 4.94. The summed E-state index contributed by atoms with van der Waals surface area (Å²) in [6.07, 6.45) is 3.25. The summed E-state index contributed by atoms with van der Waals surface area (Å²) in [6.45, 7) is 3.76. The first kappa shape index (κ1) is 20.9. The largest absolute Gasteiger partial charge is 0.496 e. The normalized spacial score (nSPS) is 18.4. The van der Waals surface area contributed by atoms with Gasteiger partial charge in [0.2, 0.25) is 0 Å². The van der Waals surface area contributed by atoms with Crippen LogP contribution in [0.4, 0.5) is 5.82 Å². The Hall–Kier alpha value is -2.96. The summed E-state index contributed by atoms with van der Waals surface area (Å²) in [5.74, 6) is 2.83. The molecule has 0 radical (unpaired) electrons. The third-order valence-corrected chi connectivity index (χ3v) is 6.58. The van der Waals surface area contributed by atoms with Crippen molar-refractivity contribution < 1.29 is 4.74 Å². The lowest BCUT2D eigenvalue weighted by Gasteiger charge is -2.30. The van der Waals surface area contributed by atoms with Gasteiger partial charge in [-0.05, 0) is 43.0 Å². The van der Waals surface area contributed by atoms with Crippen molar-refractivity contribution in [3.8, 4) is 16.9 Å². The molecule has 2 aromatic carbocycles. The number of nitrogens with zero attached hydrogens (tertiary/aromatic N) is 3. The first-order valence-corrected chi connectivity index (χ1v) is 11.5. The number of aromatic nitrogens is 2. The number of benzene rings is 2. The maximum atomic E-state index is 5.64. The van der Waals surface area contributed by atoms with Crippen molar-refractivity contribution >= 4 is 5.82 Å². The monoisotopic (exact) mass is 429 g/mol. The smallest absolute Gasteiger partial charge is 0.147 e. The van der Waals surface area contributed by atoms with Crippen molar-refractivity contribution in [1.29, 1.82) is 0 Å². The molecule has 0 amide bonds. The van der Waals surface area contributed by atoms with Crippen LogP contribution in [0.15, 0.2) is 48.5 Å². The first-order valence-electron chi connectivity index (χ1n) is 11.5. The van der Waals surface area contributed by atoms with Gasteiger partial charge in [0.15, 0.2) is 0 Å². The standard InChI is InChI=1S/C26H31N5O/c1-27-25-21-13-15-31(17-23(21)29-26(30-25)22-11-7-14-28-22)16-18-8-3-4-9-19(18)20-10-5-6-12-24(20)32-2/h3-6,8-10,12,22,28H,7,11,13-17H2,1-2H3,(H,27,29,30)/t22-/m1/s1. The average Bonchev–Trinajstić information content (AvgIpc) is 3.39. The van der Waals surface area contributed by atoms with Gasteiger partial charge < -0.3 is 15.4 Å². The van der Waals surface area contributed by atoms with Crippen LogP contribution in [0, 0.1) is 0 Å². The highest BCUT2D eigenvalue weighted by Crippen LogP contribution is 2.34. The van der Waals surface area contributed by atoms with Gasteiger partial charge in [0, 0.05) is 37.8 Å². The van der Waals surface area contributed by atoms with Gasteiger partial charge in [0.1, 0.15) is 17.4 Å². The van der Waals surface area contributed by atoms with Gasteiger partial charge in [-0.3, -0.25) is 4.90 Å². The molecule has 2 N–H and O–H groups in total. The zero-order valence-electron chi connectivity index (χ0n) is 18.9. The number of hydrogen-bond acceptors (Lipinski definition) is 6. The summed E-state index contributed by atoms with van der Waals surface area (Å²) in [4.78, 5) is 12.4. The number of fused-ring (bicyclic) bond motifs is 1. The molecular formula is C26H31N5O. The Morgan fingerprint density at radius 2 is 1.91 bits per heavy atom. The van der Waals surface area contributed by atoms with Crippen LogP contribution in [0.2, 0.25) is 0 Å². The highest BCUT2D eigenvalue weighted by Gasteiger charge is 2.26. The Balaban J connectivity index is 1.42. The summed E-state index contributed by atoms with van der Waals surface area (Å²) in [6, 6.07) is 17.2. The second-order valence-corrected chi connectivity index (χ2v) is 8.57. The molecular weight excluding hydrogens is 398 g/mol. The Morgan fingerprint density at radius 1 is 1.09 bits per heavy atom. The fraction of sp³-hybridized carbons (Fsp3) is 0.385. The number of methoxy groups -OCH3 is 1. The molecule has 3 heterocycles. The predicted octanol–water partition coefficient (Wildman–Crippen LogP) is 4.18. The summed E-state index contributed by atoms with van der Waals surface area (Å²) in [7, 11) is 3.70. The lowest BCUT2D eigenvalue weighted by atomic mass is 9.97. The topological polar surface area (TPSA) is 62.3 Å². The minimum atomic E-state index is 0.272. The molecule has 32 heavy (non-hydrogen) atoms. The van der Waals surface area contributed by atoms with Crippen molar-refractivity contribution in [2.24, 2.45) is 0 Å². The van der Waals surface area contributed by atoms with Gasteiger partial charge in [0.25, 0.3) is 0 Å². The van der Waals surface area contributed by atoms with Gasteiger partial charge in [-0.2, -0.15) is 0 Å². The van der Waals surface area contributed by atoms with Crippen LogP contribution in [-0.4, -0.2) is 42.1 Å². The van der Waals surface area contributed by atoms with Crippen LogP contribution in [0.25, 0.3) is 11.1 Å². The molecule has 0 saturated carbocycles. The average molecular weight is 430 g/mol. The molecule has 1 saturated heterocycles. The van der Waals surface area contributed by atoms with Gasteiger partial charge in [-0.25, -0.2) is 9.97 Å². The SMILES string of the molecule is CNc1nc([C@H]2CCCN2)nc2c1CCN(Cc1ccccc1-c1ccccc1OC)C2. The van der Waals surface area contributed by atoms with E-state index in [0.29, 0.717) is 0 Å². The molecule has 1 aromatic heterocycles. The van der Waals surface area contributed by atoms with Gasteiger partial charge >= 0.3 is 0 Å². The first-order chi connectivity index (χ1) is 15.8. The van der Waals surface area contributed by atoms with E-state index in [0.717, 1.165) is 67.7 Å². The molecule has 2 aliphatic heterocycles. The minimum Gasteiger partial charge on any atom is -0.496 e. The van der Waals surface area contributed by atoms with Crippen molar-refractivity contribution in [3.63, 3.8) is 0 Å². The van der Waals surface area contributed by atoms with E-state index in [-0.39, 0.29) is 6.04 Å². The van der Waals surface area contributed by atoms with Crippen molar-refractivity contribution in [2.75, 3.05) is 32.6 Å². The van der Waals surface area contributed by atoms with Gasteiger partial charge in [-0.15, -0.1) is 0 Å². The highest BCUT2D eigenvalue weighted by molar-refractivity contribution is 5.73. The molecule has 6 nitrogen and oxygen atoms in total. The van der Waals surface area contributed by atoms with E-state index in [9.17, 15) is 0 Å². The summed E-state index contributed by atoms with van der Waals surface area (Å²) in [5, 5.41) is 6.86. The molecule has 166 valence electrons. The maximum absolute atomic E-state index is 5.64. The number of nitrogens with one attached hydrogen (secondary N) is 2. The summed E-state index contributed by atoms with van der Waals surface area (Å²) < 4.78 is 5.64. The quantitative estimate of drug-likeness (QED) is 0.613. The predicted molar refractivity (Wildman–Crippen MR) is 128 cm³/mol. The third kappa shape index (κ3) is 4.08. The van der Waals surface area contributed by atoms with Crippen molar-refractivity contribution in [2.45, 2.75) is 38.4 Å². The van der Waals surface area contributed by atoms with Crippen LogP contribution >= 0.6 is 0 Å². The molecule has 6 heteroatoms. The van der Waals surface area contributed by atoms with Crippen LogP contribution < -0.4 is 15.4 Å².